The number of carbonyl (C=O) groups is 2. The molecule has 0 aromatic rings. The number of esters is 1. The van der Waals surface area contributed by atoms with Crippen LogP contribution < -0.4 is 0 Å². The molecule has 2 fully saturated rings. The minimum Gasteiger partial charge on any atom is -0.450 e. The van der Waals surface area contributed by atoms with Gasteiger partial charge in [0, 0.05) is 19.9 Å². The van der Waals surface area contributed by atoms with Gasteiger partial charge in [-0.3, -0.25) is 9.59 Å². The van der Waals surface area contributed by atoms with Crippen molar-refractivity contribution in [3.8, 4) is 12.3 Å². The number of rotatable bonds is 4. The topological polar surface area (TPSA) is 65.1 Å². The van der Waals surface area contributed by atoms with Gasteiger partial charge in [-0.25, -0.2) is 0 Å². The van der Waals surface area contributed by atoms with Crippen molar-refractivity contribution in [3.63, 3.8) is 0 Å². The maximum atomic E-state index is 12.0. The van der Waals surface area contributed by atoms with Gasteiger partial charge in [-0.1, -0.05) is 0 Å². The van der Waals surface area contributed by atoms with Crippen LogP contribution in [0, 0.1) is 12.3 Å². The summed E-state index contributed by atoms with van der Waals surface area (Å²) in [4.78, 5) is 24.7. The van der Waals surface area contributed by atoms with E-state index in [0.717, 1.165) is 0 Å². The Morgan fingerprint density at radius 3 is 2.80 bits per heavy atom. The molecule has 0 bridgehead atoms. The lowest BCUT2D eigenvalue weighted by atomic mass is 9.92. The van der Waals surface area contributed by atoms with Gasteiger partial charge in [0.15, 0.2) is 5.79 Å². The Balaban J connectivity index is 2.09. The molecule has 6 nitrogen and oxygen atoms in total. The van der Waals surface area contributed by atoms with Crippen LogP contribution in [0.1, 0.15) is 27.2 Å². The third kappa shape index (κ3) is 2.79. The molecule has 0 aromatic heterocycles. The molecule has 1 amide bonds. The summed E-state index contributed by atoms with van der Waals surface area (Å²) in [6.45, 7) is 5.68. The standard InChI is InChI=1S/C14H19NO5/c1-5-6-7-15-11(10-8-18-14(3,4)20-10)12(13(15)17)19-9(2)16/h1,10-12H,6-8H2,2-4H3/t10-,11+,12-/m1/s1. The number of carbonyl (C=O) groups excluding carboxylic acids is 2. The molecule has 110 valence electrons. The summed E-state index contributed by atoms with van der Waals surface area (Å²) in [7, 11) is 0. The van der Waals surface area contributed by atoms with E-state index in [1.165, 1.54) is 6.92 Å². The molecule has 0 saturated carbocycles. The molecule has 0 aromatic carbocycles. The number of terminal acetylenes is 1. The second-order valence-corrected chi connectivity index (χ2v) is 5.37. The van der Waals surface area contributed by atoms with E-state index in [2.05, 4.69) is 5.92 Å². The Kier molecular flexibility index (Phi) is 4.02. The van der Waals surface area contributed by atoms with Crippen molar-refractivity contribution in [2.45, 2.75) is 51.2 Å². The predicted octanol–water partition coefficient (Wildman–Crippen LogP) is 0.304. The number of ether oxygens (including phenoxy) is 3. The predicted molar refractivity (Wildman–Crippen MR) is 69.4 cm³/mol. The van der Waals surface area contributed by atoms with Crippen molar-refractivity contribution in [3.05, 3.63) is 0 Å². The molecule has 0 N–H and O–H groups in total. The first kappa shape index (κ1) is 14.8. The fourth-order valence-electron chi connectivity index (χ4n) is 2.56. The van der Waals surface area contributed by atoms with Crippen LogP contribution in [0.25, 0.3) is 0 Å². The summed E-state index contributed by atoms with van der Waals surface area (Å²) in [6, 6.07) is -0.332. The number of hydrogen-bond donors (Lipinski definition) is 0. The van der Waals surface area contributed by atoms with Gasteiger partial charge in [0.05, 0.1) is 6.61 Å². The van der Waals surface area contributed by atoms with E-state index in [1.807, 2.05) is 0 Å². The lowest BCUT2D eigenvalue weighted by Crippen LogP contribution is -2.70. The maximum Gasteiger partial charge on any atom is 0.303 e. The Morgan fingerprint density at radius 1 is 1.60 bits per heavy atom. The van der Waals surface area contributed by atoms with Gasteiger partial charge in [0.1, 0.15) is 12.1 Å². The molecular formula is C14H19NO5. The summed E-state index contributed by atoms with van der Waals surface area (Å²) in [5.41, 5.74) is 0. The highest BCUT2D eigenvalue weighted by Crippen LogP contribution is 2.34. The third-order valence-electron chi connectivity index (χ3n) is 3.40. The highest BCUT2D eigenvalue weighted by Gasteiger charge is 2.56. The number of β-lactam (4-membered cyclic amide) rings is 1. The summed E-state index contributed by atoms with van der Waals surface area (Å²) in [5.74, 6) is 1.09. The van der Waals surface area contributed by atoms with Crippen LogP contribution in [0.4, 0.5) is 0 Å². The molecule has 2 rings (SSSR count). The van der Waals surface area contributed by atoms with Gasteiger partial charge in [0.2, 0.25) is 6.10 Å². The average molecular weight is 281 g/mol. The second-order valence-electron chi connectivity index (χ2n) is 5.37. The van der Waals surface area contributed by atoms with Crippen LogP contribution in [0.2, 0.25) is 0 Å². The van der Waals surface area contributed by atoms with Crippen LogP contribution >= 0.6 is 0 Å². The zero-order valence-electron chi connectivity index (χ0n) is 11.9. The van der Waals surface area contributed by atoms with E-state index < -0.39 is 17.9 Å². The number of amides is 1. The molecular weight excluding hydrogens is 262 g/mol. The van der Waals surface area contributed by atoms with E-state index >= 15 is 0 Å². The van der Waals surface area contributed by atoms with Gasteiger partial charge < -0.3 is 19.1 Å². The van der Waals surface area contributed by atoms with Crippen LogP contribution in [0.3, 0.4) is 0 Å². The number of hydrogen-bond acceptors (Lipinski definition) is 5. The lowest BCUT2D eigenvalue weighted by Gasteiger charge is -2.47. The molecule has 20 heavy (non-hydrogen) atoms. The van der Waals surface area contributed by atoms with E-state index in [1.54, 1.807) is 18.7 Å². The Labute approximate surface area is 118 Å². The minimum atomic E-state index is -0.798. The fraction of sp³-hybridized carbons (Fsp3) is 0.714. The minimum absolute atomic E-state index is 0.228. The highest BCUT2D eigenvalue weighted by atomic mass is 16.7. The maximum absolute atomic E-state index is 12.0. The van der Waals surface area contributed by atoms with Gasteiger partial charge >= 0.3 is 5.97 Å². The normalized spacial score (nSPS) is 31.6. The molecule has 6 heteroatoms. The van der Waals surface area contributed by atoms with Crippen molar-refractivity contribution in [2.24, 2.45) is 0 Å². The Hall–Kier alpha value is -1.58. The summed E-state index contributed by atoms with van der Waals surface area (Å²) >= 11 is 0. The van der Waals surface area contributed by atoms with Gasteiger partial charge in [-0.05, 0) is 13.8 Å². The van der Waals surface area contributed by atoms with E-state index in [0.29, 0.717) is 19.6 Å². The van der Waals surface area contributed by atoms with Crippen molar-refractivity contribution in [2.75, 3.05) is 13.2 Å². The molecule has 0 aliphatic carbocycles. The van der Waals surface area contributed by atoms with Crippen LogP contribution in [0.15, 0.2) is 0 Å². The largest absolute Gasteiger partial charge is 0.450 e. The van der Waals surface area contributed by atoms with E-state index in [9.17, 15) is 9.59 Å². The zero-order chi connectivity index (χ0) is 14.9. The molecule has 2 saturated heterocycles. The summed E-state index contributed by atoms with van der Waals surface area (Å²) in [6.07, 6.45) is 4.57. The van der Waals surface area contributed by atoms with Crippen LogP contribution in [0.5, 0.6) is 0 Å². The van der Waals surface area contributed by atoms with E-state index in [-0.39, 0.29) is 18.1 Å². The van der Waals surface area contributed by atoms with Gasteiger partial charge in [0.25, 0.3) is 5.91 Å². The summed E-state index contributed by atoms with van der Waals surface area (Å²) in [5, 5.41) is 0. The average Bonchev–Trinajstić information content (AvgIpc) is 2.71. The third-order valence-corrected chi connectivity index (χ3v) is 3.40. The fourth-order valence-corrected chi connectivity index (χ4v) is 2.56. The summed E-state index contributed by atoms with van der Waals surface area (Å²) < 4.78 is 16.4. The molecule has 2 aliphatic rings. The second kappa shape index (κ2) is 5.43. The molecule has 2 heterocycles. The van der Waals surface area contributed by atoms with Crippen LogP contribution in [-0.4, -0.2) is 54.0 Å². The first-order chi connectivity index (χ1) is 9.35. The molecule has 3 atom stereocenters. The first-order valence-corrected chi connectivity index (χ1v) is 6.58. The molecule has 2 aliphatic heterocycles. The Morgan fingerprint density at radius 2 is 2.30 bits per heavy atom. The first-order valence-electron chi connectivity index (χ1n) is 6.58. The highest BCUT2D eigenvalue weighted by molar-refractivity contribution is 5.90. The van der Waals surface area contributed by atoms with Crippen molar-refractivity contribution in [1.82, 2.24) is 4.90 Å². The molecule has 0 unspecified atom stereocenters. The quantitative estimate of drug-likeness (QED) is 0.421. The zero-order valence-corrected chi connectivity index (χ0v) is 11.9. The molecule has 0 radical (unpaired) electrons. The molecule has 0 spiro atoms. The van der Waals surface area contributed by atoms with Crippen molar-refractivity contribution < 1.29 is 23.8 Å². The van der Waals surface area contributed by atoms with Gasteiger partial charge in [-0.2, -0.15) is 0 Å². The lowest BCUT2D eigenvalue weighted by molar-refractivity contribution is -0.199. The smallest absolute Gasteiger partial charge is 0.303 e. The SMILES string of the molecule is C#CCCN1C(=O)[C@H](OC(C)=O)[C@@H]1[C@H]1COC(C)(C)O1. The van der Waals surface area contributed by atoms with Crippen LogP contribution in [-0.2, 0) is 23.8 Å². The van der Waals surface area contributed by atoms with Crippen molar-refractivity contribution in [1.29, 1.82) is 0 Å². The van der Waals surface area contributed by atoms with E-state index in [4.69, 9.17) is 20.6 Å². The monoisotopic (exact) mass is 281 g/mol. The number of likely N-dealkylation sites (tertiary alicyclic amines) is 1. The Bertz CT molecular complexity index is 453. The van der Waals surface area contributed by atoms with Crippen molar-refractivity contribution >= 4 is 11.9 Å². The number of nitrogens with zero attached hydrogens (tertiary/aromatic N) is 1. The van der Waals surface area contributed by atoms with Gasteiger partial charge in [-0.15, -0.1) is 12.3 Å².